The van der Waals surface area contributed by atoms with Gasteiger partial charge in [-0.25, -0.2) is 0 Å². The zero-order valence-corrected chi connectivity index (χ0v) is 12.0. The standard InChI is InChI=1S/C11H10N3O2.Y/c15-14(16)7-3-6-11-9-4-1-2-5-10(9)12-8-13-11;/h1-2,4-6,8H,3,7H2;/q-1;+3. The van der Waals surface area contributed by atoms with E-state index in [4.69, 9.17) is 0 Å². The SMILES string of the molecule is O=[N+]([O-])CC[CH-]c1ncnc2ccccc12.[Y+3]. The third-order valence-corrected chi connectivity index (χ3v) is 2.22. The van der Waals surface area contributed by atoms with E-state index in [0.29, 0.717) is 6.42 Å². The van der Waals surface area contributed by atoms with Crippen LogP contribution in [0, 0.1) is 16.5 Å². The molecule has 0 N–H and O–H groups in total. The molecule has 0 aliphatic heterocycles. The number of nitrogens with zero attached hydrogens (tertiary/aromatic N) is 3. The summed E-state index contributed by atoms with van der Waals surface area (Å²) < 4.78 is 0. The largest absolute Gasteiger partial charge is 3.00 e. The molecule has 0 bridgehead atoms. The minimum atomic E-state index is -0.333. The molecule has 5 nitrogen and oxygen atoms in total. The van der Waals surface area contributed by atoms with Gasteiger partial charge in [-0.2, -0.15) is 6.42 Å². The van der Waals surface area contributed by atoms with Gasteiger partial charge in [-0.3, -0.25) is 20.1 Å². The van der Waals surface area contributed by atoms with Crippen LogP contribution in [0.15, 0.2) is 30.6 Å². The number of benzene rings is 1. The molecule has 0 saturated carbocycles. The van der Waals surface area contributed by atoms with Gasteiger partial charge in [0, 0.05) is 4.92 Å². The Balaban J connectivity index is 0.00000144. The first-order chi connectivity index (χ1) is 7.77. The number of hydrogen-bond acceptors (Lipinski definition) is 4. The summed E-state index contributed by atoms with van der Waals surface area (Å²) in [5, 5.41) is 11.1. The Morgan fingerprint density at radius 2 is 2.06 bits per heavy atom. The van der Waals surface area contributed by atoms with Crippen molar-refractivity contribution >= 4 is 10.9 Å². The van der Waals surface area contributed by atoms with Gasteiger partial charge in [0.2, 0.25) is 0 Å². The summed E-state index contributed by atoms with van der Waals surface area (Å²) in [6.07, 6.45) is 3.63. The monoisotopic (exact) mass is 305 g/mol. The number of hydrogen-bond donors (Lipinski definition) is 0. The molecule has 17 heavy (non-hydrogen) atoms. The third-order valence-electron chi connectivity index (χ3n) is 2.22. The molecule has 2 aromatic rings. The van der Waals surface area contributed by atoms with Gasteiger partial charge in [0.25, 0.3) is 0 Å². The molecule has 1 aromatic carbocycles. The summed E-state index contributed by atoms with van der Waals surface area (Å²) in [5.41, 5.74) is 1.61. The summed E-state index contributed by atoms with van der Waals surface area (Å²) >= 11 is 0. The zero-order valence-electron chi connectivity index (χ0n) is 9.11. The molecule has 0 radical (unpaired) electrons. The van der Waals surface area contributed by atoms with Crippen LogP contribution in [0.25, 0.3) is 10.9 Å². The third kappa shape index (κ3) is 3.71. The van der Waals surface area contributed by atoms with Gasteiger partial charge in [-0.05, 0) is 11.9 Å². The Hall–Kier alpha value is -1.07. The molecular weight excluding hydrogens is 295 g/mol. The van der Waals surface area contributed by atoms with Crippen LogP contribution in [0.1, 0.15) is 12.1 Å². The summed E-state index contributed by atoms with van der Waals surface area (Å²) in [7, 11) is 0. The molecule has 1 heterocycles. The van der Waals surface area contributed by atoms with E-state index in [-0.39, 0.29) is 44.2 Å². The number of aromatic nitrogens is 2. The molecule has 0 amide bonds. The van der Waals surface area contributed by atoms with E-state index in [2.05, 4.69) is 9.97 Å². The Bertz CT molecular complexity index is 514. The van der Waals surface area contributed by atoms with Gasteiger partial charge in [-0.15, -0.1) is 11.5 Å². The predicted octanol–water partition coefficient (Wildman–Crippen LogP) is 1.85. The van der Waals surface area contributed by atoms with Gasteiger partial charge < -0.3 is 0 Å². The maximum absolute atomic E-state index is 10.2. The van der Waals surface area contributed by atoms with Crippen LogP contribution in [0.4, 0.5) is 0 Å². The molecule has 0 unspecified atom stereocenters. The van der Waals surface area contributed by atoms with Crippen molar-refractivity contribution in [3.05, 3.63) is 52.8 Å². The normalized spacial score (nSPS) is 9.65. The average molecular weight is 305 g/mol. The fourth-order valence-corrected chi connectivity index (χ4v) is 1.49. The molecule has 6 heteroatoms. The van der Waals surface area contributed by atoms with Crippen LogP contribution in [0.5, 0.6) is 0 Å². The molecular formula is C11H10N3O2Y+2. The zero-order chi connectivity index (χ0) is 11.4. The Kier molecular flexibility index (Phi) is 5.45. The van der Waals surface area contributed by atoms with Crippen molar-refractivity contribution in [3.8, 4) is 0 Å². The van der Waals surface area contributed by atoms with E-state index >= 15 is 0 Å². The van der Waals surface area contributed by atoms with Gasteiger partial charge in [0.05, 0.1) is 0 Å². The maximum Gasteiger partial charge on any atom is 3.00 e. The Morgan fingerprint density at radius 3 is 2.82 bits per heavy atom. The van der Waals surface area contributed by atoms with Gasteiger partial charge in [0.15, 0.2) is 6.54 Å². The molecule has 1 aromatic heterocycles. The molecule has 0 fully saturated rings. The van der Waals surface area contributed by atoms with Crippen LogP contribution in [0.2, 0.25) is 0 Å². The summed E-state index contributed by atoms with van der Waals surface area (Å²) in [5.74, 6) is 0. The molecule has 0 aliphatic rings. The van der Waals surface area contributed by atoms with Crippen molar-refractivity contribution in [2.24, 2.45) is 0 Å². The minimum absolute atomic E-state index is 0. The van der Waals surface area contributed by atoms with E-state index in [1.807, 2.05) is 24.3 Å². The minimum Gasteiger partial charge on any atom is -0.275 e. The van der Waals surface area contributed by atoms with E-state index < -0.39 is 0 Å². The van der Waals surface area contributed by atoms with E-state index in [1.54, 1.807) is 6.42 Å². The number of fused-ring (bicyclic) bond motifs is 1. The molecule has 2 rings (SSSR count). The van der Waals surface area contributed by atoms with Crippen LogP contribution in [0.3, 0.4) is 0 Å². The first kappa shape index (κ1) is 14.0. The van der Waals surface area contributed by atoms with Crippen molar-refractivity contribution in [3.63, 3.8) is 0 Å². The van der Waals surface area contributed by atoms with Crippen molar-refractivity contribution in [1.29, 1.82) is 0 Å². The Labute approximate surface area is 124 Å². The van der Waals surface area contributed by atoms with Crippen LogP contribution in [-0.2, 0) is 32.7 Å². The van der Waals surface area contributed by atoms with Gasteiger partial charge >= 0.3 is 32.7 Å². The first-order valence-electron chi connectivity index (χ1n) is 4.92. The molecule has 82 valence electrons. The van der Waals surface area contributed by atoms with Gasteiger partial charge in [0.1, 0.15) is 6.33 Å². The molecule has 0 aliphatic carbocycles. The summed E-state index contributed by atoms with van der Waals surface area (Å²) in [6, 6.07) is 7.60. The number of rotatable bonds is 4. The maximum atomic E-state index is 10.2. The second kappa shape index (κ2) is 6.62. The fraction of sp³-hybridized carbons (Fsp3) is 0.182. The quantitative estimate of drug-likeness (QED) is 0.491. The van der Waals surface area contributed by atoms with Crippen molar-refractivity contribution in [2.75, 3.05) is 6.54 Å². The Morgan fingerprint density at radius 1 is 1.29 bits per heavy atom. The van der Waals surface area contributed by atoms with Crippen LogP contribution >= 0.6 is 0 Å². The van der Waals surface area contributed by atoms with E-state index in [0.717, 1.165) is 16.6 Å². The average Bonchev–Trinajstić information content (AvgIpc) is 2.29. The summed E-state index contributed by atoms with van der Waals surface area (Å²) in [4.78, 5) is 18.1. The van der Waals surface area contributed by atoms with Crippen molar-refractivity contribution in [2.45, 2.75) is 6.42 Å². The van der Waals surface area contributed by atoms with Crippen molar-refractivity contribution in [1.82, 2.24) is 9.97 Å². The molecule has 0 spiro atoms. The summed E-state index contributed by atoms with van der Waals surface area (Å²) in [6.45, 7) is -0.0711. The number of nitro groups is 1. The van der Waals surface area contributed by atoms with Gasteiger partial charge in [-0.1, -0.05) is 23.9 Å². The van der Waals surface area contributed by atoms with E-state index in [9.17, 15) is 10.1 Å². The topological polar surface area (TPSA) is 68.9 Å². The van der Waals surface area contributed by atoms with Crippen LogP contribution in [-0.4, -0.2) is 21.4 Å². The first-order valence-corrected chi connectivity index (χ1v) is 4.92. The molecule has 0 atom stereocenters. The smallest absolute Gasteiger partial charge is 0.275 e. The second-order valence-electron chi connectivity index (χ2n) is 3.33. The number of para-hydroxylation sites is 1. The predicted molar refractivity (Wildman–Crippen MR) is 59.4 cm³/mol. The van der Waals surface area contributed by atoms with Crippen LogP contribution < -0.4 is 0 Å². The fourth-order valence-electron chi connectivity index (χ4n) is 1.49. The second-order valence-corrected chi connectivity index (χ2v) is 3.33. The van der Waals surface area contributed by atoms with E-state index in [1.165, 1.54) is 6.33 Å². The van der Waals surface area contributed by atoms with Crippen molar-refractivity contribution < 1.29 is 37.6 Å². The molecule has 0 saturated heterocycles.